The molecule has 208 valence electrons. The van der Waals surface area contributed by atoms with Crippen LogP contribution < -0.4 is 20.5 Å². The highest BCUT2D eigenvalue weighted by atomic mass is 19.1. The average molecular weight is 525 g/mol. The molecule has 4 rings (SSSR count). The highest BCUT2D eigenvalue weighted by molar-refractivity contribution is 5.43. The normalized spacial score (nSPS) is 15.9. The molecule has 1 N–H and O–H groups in total. The number of rotatable bonds is 13. The van der Waals surface area contributed by atoms with E-state index in [0.29, 0.717) is 17.8 Å². The summed E-state index contributed by atoms with van der Waals surface area (Å²) in [6.07, 6.45) is 6.56. The van der Waals surface area contributed by atoms with Gasteiger partial charge < -0.3 is 15.0 Å². The van der Waals surface area contributed by atoms with Crippen molar-refractivity contribution in [3.8, 4) is 11.4 Å². The molecular formula is C31H45FN4O2. The average Bonchev–Trinajstić information content (AvgIpc) is 3.73. The van der Waals surface area contributed by atoms with E-state index in [1.807, 2.05) is 56.4 Å². The van der Waals surface area contributed by atoms with Crippen LogP contribution in [0.3, 0.4) is 0 Å². The number of methoxy groups -OCH3 is 1. The highest BCUT2D eigenvalue weighted by Gasteiger charge is 2.37. The van der Waals surface area contributed by atoms with Gasteiger partial charge in [-0.2, -0.15) is 0 Å². The van der Waals surface area contributed by atoms with Gasteiger partial charge in [-0.25, -0.2) is 9.37 Å². The molecule has 2 aromatic carbocycles. The lowest BCUT2D eigenvalue weighted by Crippen LogP contribution is -2.35. The SMILES string of the molecule is CC.CCCN(CCC)c1nc(CCCN[C@@H]2C[C@H]2c2ccc(F)cc2)cn(-c2ccc(OC)cc2)c1=O.[HH]. The van der Waals surface area contributed by atoms with Gasteiger partial charge in [0.15, 0.2) is 5.82 Å². The number of ether oxygens (including phenoxy) is 1. The number of nitrogens with one attached hydrogen (secondary N) is 1. The Kier molecular flexibility index (Phi) is 11.3. The van der Waals surface area contributed by atoms with Crippen molar-refractivity contribution >= 4 is 5.82 Å². The number of aromatic nitrogens is 2. The molecule has 6 nitrogen and oxygen atoms in total. The lowest BCUT2D eigenvalue weighted by Gasteiger charge is -2.23. The Labute approximate surface area is 228 Å². The van der Waals surface area contributed by atoms with E-state index in [0.717, 1.165) is 68.9 Å². The van der Waals surface area contributed by atoms with Crippen molar-refractivity contribution in [3.63, 3.8) is 0 Å². The van der Waals surface area contributed by atoms with Crippen LogP contribution in [0.1, 0.15) is 72.0 Å². The minimum absolute atomic E-state index is 0. The molecule has 1 fully saturated rings. The van der Waals surface area contributed by atoms with Gasteiger partial charge in [0.2, 0.25) is 0 Å². The van der Waals surface area contributed by atoms with E-state index in [1.54, 1.807) is 11.7 Å². The molecule has 1 saturated carbocycles. The van der Waals surface area contributed by atoms with Gasteiger partial charge >= 0.3 is 0 Å². The van der Waals surface area contributed by atoms with Crippen LogP contribution in [-0.4, -0.2) is 42.3 Å². The third-order valence-corrected chi connectivity index (χ3v) is 6.68. The monoisotopic (exact) mass is 524 g/mol. The number of aryl methyl sites for hydroxylation is 1. The second-order valence-electron chi connectivity index (χ2n) is 9.47. The van der Waals surface area contributed by atoms with Crippen molar-refractivity contribution in [1.82, 2.24) is 14.9 Å². The maximum absolute atomic E-state index is 13.5. The van der Waals surface area contributed by atoms with Crippen molar-refractivity contribution in [2.75, 3.05) is 31.6 Å². The molecule has 0 radical (unpaired) electrons. The molecule has 1 heterocycles. The third-order valence-electron chi connectivity index (χ3n) is 6.68. The molecule has 0 aliphatic heterocycles. The molecule has 0 amide bonds. The zero-order valence-electron chi connectivity index (χ0n) is 23.5. The van der Waals surface area contributed by atoms with Gasteiger partial charge in [0.05, 0.1) is 12.8 Å². The summed E-state index contributed by atoms with van der Waals surface area (Å²) in [5.41, 5.74) is 2.81. The first kappa shape index (κ1) is 29.4. The number of anilines is 1. The topological polar surface area (TPSA) is 59.4 Å². The van der Waals surface area contributed by atoms with E-state index < -0.39 is 0 Å². The molecule has 3 aromatic rings. The Morgan fingerprint density at radius 3 is 2.34 bits per heavy atom. The summed E-state index contributed by atoms with van der Waals surface area (Å²) >= 11 is 0. The van der Waals surface area contributed by atoms with Crippen molar-refractivity contribution in [2.45, 2.75) is 71.8 Å². The van der Waals surface area contributed by atoms with Gasteiger partial charge in [0.25, 0.3) is 5.56 Å². The van der Waals surface area contributed by atoms with E-state index in [-0.39, 0.29) is 12.8 Å². The standard InChI is InChI=1S/C29H37FN4O2.C2H6.H2/c1-4-17-33(18-5-2)28-29(35)34(24-12-14-25(36-3)15-13-24)20-23(32-28)7-6-16-31-27-19-26(27)21-8-10-22(30)11-9-21;1-2;/h8-15,20,26-27,31H,4-7,16-19H2,1-3H3;1-2H3;1H/t26-,27+;;/m0../s1. The predicted octanol–water partition coefficient (Wildman–Crippen LogP) is 6.36. The molecule has 38 heavy (non-hydrogen) atoms. The number of hydrogen-bond acceptors (Lipinski definition) is 5. The molecule has 1 aliphatic carbocycles. The van der Waals surface area contributed by atoms with Gasteiger partial charge in [-0.05, 0) is 80.6 Å². The predicted molar refractivity (Wildman–Crippen MR) is 157 cm³/mol. The van der Waals surface area contributed by atoms with E-state index in [9.17, 15) is 9.18 Å². The molecule has 2 atom stereocenters. The molecule has 1 aliphatic rings. The molecule has 0 saturated heterocycles. The summed E-state index contributed by atoms with van der Waals surface area (Å²) in [6, 6.07) is 14.8. The number of benzene rings is 2. The molecule has 0 bridgehead atoms. The van der Waals surface area contributed by atoms with Crippen molar-refractivity contribution < 1.29 is 10.6 Å². The first-order chi connectivity index (χ1) is 18.5. The second-order valence-corrected chi connectivity index (χ2v) is 9.47. The van der Waals surface area contributed by atoms with Crippen LogP contribution in [0.5, 0.6) is 5.75 Å². The first-order valence-electron chi connectivity index (χ1n) is 14.0. The largest absolute Gasteiger partial charge is 0.497 e. The van der Waals surface area contributed by atoms with Crippen LogP contribution in [0.2, 0.25) is 0 Å². The van der Waals surface area contributed by atoms with Crippen LogP contribution in [-0.2, 0) is 6.42 Å². The molecule has 0 spiro atoms. The quantitative estimate of drug-likeness (QED) is 0.264. The highest BCUT2D eigenvalue weighted by Crippen LogP contribution is 2.40. The van der Waals surface area contributed by atoms with Gasteiger partial charge in [-0.15, -0.1) is 0 Å². The molecule has 7 heteroatoms. The van der Waals surface area contributed by atoms with Gasteiger partial charge in [-0.3, -0.25) is 9.36 Å². The Hall–Kier alpha value is -3.19. The Balaban J connectivity index is 0.00000174. The minimum Gasteiger partial charge on any atom is -0.497 e. The Bertz CT molecular complexity index is 1180. The van der Waals surface area contributed by atoms with Gasteiger partial charge in [0, 0.05) is 38.4 Å². The van der Waals surface area contributed by atoms with Crippen molar-refractivity contribution in [2.24, 2.45) is 0 Å². The van der Waals surface area contributed by atoms with Crippen LogP contribution in [0.25, 0.3) is 5.69 Å². The van der Waals surface area contributed by atoms with E-state index >= 15 is 0 Å². The van der Waals surface area contributed by atoms with E-state index in [4.69, 9.17) is 9.72 Å². The van der Waals surface area contributed by atoms with Crippen LogP contribution >= 0.6 is 0 Å². The van der Waals surface area contributed by atoms with Crippen LogP contribution in [0, 0.1) is 5.82 Å². The lowest BCUT2D eigenvalue weighted by molar-refractivity contribution is 0.414. The fraction of sp³-hybridized carbons (Fsp3) is 0.484. The Morgan fingerprint density at radius 1 is 1.08 bits per heavy atom. The lowest BCUT2D eigenvalue weighted by atomic mass is 10.1. The number of hydrogen-bond donors (Lipinski definition) is 1. The summed E-state index contributed by atoms with van der Waals surface area (Å²) in [5, 5.41) is 3.62. The molecule has 0 unspecified atom stereocenters. The van der Waals surface area contributed by atoms with E-state index in [1.165, 1.54) is 17.7 Å². The van der Waals surface area contributed by atoms with Gasteiger partial charge in [-0.1, -0.05) is 39.8 Å². The van der Waals surface area contributed by atoms with Crippen LogP contribution in [0.4, 0.5) is 10.2 Å². The summed E-state index contributed by atoms with van der Waals surface area (Å²) in [5.74, 6) is 1.55. The van der Waals surface area contributed by atoms with Crippen molar-refractivity contribution in [1.29, 1.82) is 0 Å². The third kappa shape index (κ3) is 7.67. The number of nitrogens with zero attached hydrogens (tertiary/aromatic N) is 3. The number of halogens is 1. The van der Waals surface area contributed by atoms with E-state index in [2.05, 4.69) is 24.1 Å². The summed E-state index contributed by atoms with van der Waals surface area (Å²) < 4.78 is 20.2. The fourth-order valence-corrected chi connectivity index (χ4v) is 4.71. The zero-order chi connectivity index (χ0) is 27.5. The van der Waals surface area contributed by atoms with Crippen molar-refractivity contribution in [3.05, 3.63) is 82.2 Å². The minimum atomic E-state index is -0.191. The summed E-state index contributed by atoms with van der Waals surface area (Å²) in [4.78, 5) is 20.4. The first-order valence-corrected chi connectivity index (χ1v) is 14.0. The summed E-state index contributed by atoms with van der Waals surface area (Å²) in [7, 11) is 1.63. The molecule has 1 aromatic heterocycles. The fourth-order valence-electron chi connectivity index (χ4n) is 4.71. The summed E-state index contributed by atoms with van der Waals surface area (Å²) in [6.45, 7) is 10.7. The van der Waals surface area contributed by atoms with Gasteiger partial charge in [0.1, 0.15) is 11.6 Å². The Morgan fingerprint density at radius 2 is 1.74 bits per heavy atom. The second kappa shape index (κ2) is 14.7. The maximum atomic E-state index is 13.5. The smallest absolute Gasteiger partial charge is 0.298 e. The maximum Gasteiger partial charge on any atom is 0.298 e. The zero-order valence-corrected chi connectivity index (χ0v) is 23.5. The molecular weight excluding hydrogens is 479 g/mol. The van der Waals surface area contributed by atoms with Crippen LogP contribution in [0.15, 0.2) is 59.5 Å².